The smallest absolute Gasteiger partial charge is 0.494 e. The lowest BCUT2D eigenvalue weighted by Crippen LogP contribution is -2.52. The van der Waals surface area contributed by atoms with Crippen LogP contribution in [-0.2, 0) is 5.56 Å². The van der Waals surface area contributed by atoms with Crippen LogP contribution < -0.4 is 10.1 Å². The van der Waals surface area contributed by atoms with Gasteiger partial charge in [0.1, 0.15) is 5.75 Å². The third kappa shape index (κ3) is 5.48. The molecule has 0 saturated carbocycles. The molecule has 1 aliphatic heterocycles. The average Bonchev–Trinajstić information content (AvgIpc) is 2.62. The van der Waals surface area contributed by atoms with Crippen molar-refractivity contribution in [2.75, 3.05) is 6.61 Å². The molecule has 2 atom stereocenters. The third-order valence-corrected chi connectivity index (χ3v) is 4.52. The minimum absolute atomic E-state index is 0.616. The molecular formula is C20H29BN2O3. The Balaban J connectivity index is 1.87. The lowest BCUT2D eigenvalue weighted by molar-refractivity contribution is 0.279. The maximum Gasteiger partial charge on any atom is 0.507 e. The minimum Gasteiger partial charge on any atom is -0.494 e. The minimum atomic E-state index is -1.66. The Kier molecular flexibility index (Phi) is 7.48. The van der Waals surface area contributed by atoms with E-state index in [4.69, 9.17) is 4.74 Å². The van der Waals surface area contributed by atoms with E-state index in [1.165, 1.54) is 12.0 Å². The lowest BCUT2D eigenvalue weighted by Gasteiger charge is -2.31. The molecule has 0 amide bonds. The second-order valence-corrected chi connectivity index (χ2v) is 7.05. The van der Waals surface area contributed by atoms with Gasteiger partial charge >= 0.3 is 7.12 Å². The van der Waals surface area contributed by atoms with Crippen LogP contribution in [0, 0.1) is 5.92 Å². The molecule has 2 rings (SSSR count). The Bertz CT molecular complexity index is 652. The SMILES string of the molecule is CC(C)=CCC[C@H](C)CCOc1ccc(C2(B(O)O)N=CC=CN2)cc1. The molecule has 0 radical (unpaired) electrons. The standard InChI is InChI=1S/C20H29BN2O3/c1-16(2)6-4-7-17(3)12-15-26-19-10-8-18(9-11-19)20(21(24)25)22-13-5-14-23-20/h5-6,8-11,13-14,17,22,24-25H,4,7,12,15H2,1-3H3/t17-,20?/m0/s1. The first-order valence-corrected chi connectivity index (χ1v) is 9.15. The van der Waals surface area contributed by atoms with Crippen LogP contribution in [0.3, 0.4) is 0 Å². The summed E-state index contributed by atoms with van der Waals surface area (Å²) in [6.45, 7) is 7.17. The van der Waals surface area contributed by atoms with E-state index in [2.05, 4.69) is 37.2 Å². The highest BCUT2D eigenvalue weighted by atomic mass is 16.5. The molecule has 0 saturated heterocycles. The Labute approximate surface area is 156 Å². The summed E-state index contributed by atoms with van der Waals surface area (Å²) in [5, 5.41) is 22.5. The first kappa shape index (κ1) is 20.3. The zero-order valence-corrected chi connectivity index (χ0v) is 15.9. The third-order valence-electron chi connectivity index (χ3n) is 4.52. The fourth-order valence-corrected chi connectivity index (χ4v) is 2.85. The van der Waals surface area contributed by atoms with Crippen molar-refractivity contribution in [2.24, 2.45) is 10.9 Å². The number of nitrogens with zero attached hydrogens (tertiary/aromatic N) is 1. The maximum atomic E-state index is 9.77. The predicted octanol–water partition coefficient (Wildman–Crippen LogP) is 3.19. The molecule has 140 valence electrons. The predicted molar refractivity (Wildman–Crippen MR) is 107 cm³/mol. The van der Waals surface area contributed by atoms with Crippen LogP contribution in [0.15, 0.2) is 53.2 Å². The average molecular weight is 356 g/mol. The van der Waals surface area contributed by atoms with Crippen molar-refractivity contribution < 1.29 is 14.8 Å². The zero-order chi connectivity index (χ0) is 19.0. The molecule has 1 aliphatic rings. The largest absolute Gasteiger partial charge is 0.507 e. The van der Waals surface area contributed by atoms with Crippen LogP contribution in [0.4, 0.5) is 0 Å². The van der Waals surface area contributed by atoms with Gasteiger partial charge < -0.3 is 20.1 Å². The summed E-state index contributed by atoms with van der Waals surface area (Å²) in [6.07, 6.45) is 10.5. The van der Waals surface area contributed by atoms with Gasteiger partial charge in [-0.3, -0.25) is 4.99 Å². The van der Waals surface area contributed by atoms with Crippen molar-refractivity contribution in [3.63, 3.8) is 0 Å². The van der Waals surface area contributed by atoms with E-state index in [0.29, 0.717) is 18.1 Å². The van der Waals surface area contributed by atoms with Crippen molar-refractivity contribution in [1.82, 2.24) is 5.32 Å². The first-order valence-electron chi connectivity index (χ1n) is 9.15. The van der Waals surface area contributed by atoms with Crippen LogP contribution >= 0.6 is 0 Å². The Morgan fingerprint density at radius 2 is 2.00 bits per heavy atom. The Morgan fingerprint density at radius 3 is 2.58 bits per heavy atom. The van der Waals surface area contributed by atoms with Crippen LogP contribution in [0.2, 0.25) is 0 Å². The quantitative estimate of drug-likeness (QED) is 0.469. The molecular weight excluding hydrogens is 327 g/mol. The fraction of sp³-hybridized carbons (Fsp3) is 0.450. The van der Waals surface area contributed by atoms with Gasteiger partial charge in [0.25, 0.3) is 0 Å². The number of nitrogens with one attached hydrogen (secondary N) is 1. The first-order chi connectivity index (χ1) is 12.4. The summed E-state index contributed by atoms with van der Waals surface area (Å²) in [5.74, 6) is 1.38. The number of aliphatic imine (C=N–C) groups is 1. The number of hydrogen-bond acceptors (Lipinski definition) is 5. The van der Waals surface area contributed by atoms with Crippen LogP contribution in [0.25, 0.3) is 0 Å². The van der Waals surface area contributed by atoms with Gasteiger partial charge in [-0.1, -0.05) is 30.7 Å². The van der Waals surface area contributed by atoms with E-state index in [1.807, 2.05) is 12.1 Å². The highest BCUT2D eigenvalue weighted by Gasteiger charge is 2.43. The van der Waals surface area contributed by atoms with Crippen LogP contribution in [-0.4, -0.2) is 30.0 Å². The molecule has 6 heteroatoms. The van der Waals surface area contributed by atoms with Crippen molar-refractivity contribution in [3.05, 3.63) is 53.8 Å². The molecule has 3 N–H and O–H groups in total. The van der Waals surface area contributed by atoms with Gasteiger partial charge in [-0.05, 0) is 69.0 Å². The molecule has 1 aromatic carbocycles. The van der Waals surface area contributed by atoms with Crippen LogP contribution in [0.5, 0.6) is 5.75 Å². The lowest BCUT2D eigenvalue weighted by atomic mass is 9.68. The molecule has 0 aromatic heterocycles. The van der Waals surface area contributed by atoms with Crippen LogP contribution in [0.1, 0.15) is 45.6 Å². The topological polar surface area (TPSA) is 74.1 Å². The molecule has 1 heterocycles. The van der Waals surface area contributed by atoms with E-state index >= 15 is 0 Å². The second-order valence-electron chi connectivity index (χ2n) is 7.05. The van der Waals surface area contributed by atoms with Gasteiger partial charge in [-0.2, -0.15) is 0 Å². The van der Waals surface area contributed by atoms with E-state index in [1.54, 1.807) is 30.6 Å². The zero-order valence-electron chi connectivity index (χ0n) is 15.9. The number of rotatable bonds is 9. The molecule has 26 heavy (non-hydrogen) atoms. The summed E-state index contributed by atoms with van der Waals surface area (Å²) in [6, 6.07) is 7.28. The summed E-state index contributed by atoms with van der Waals surface area (Å²) in [5.41, 5.74) is 0.759. The molecule has 0 fully saturated rings. The number of allylic oxidation sites excluding steroid dienone is 3. The second kappa shape index (κ2) is 9.60. The van der Waals surface area contributed by atoms with Gasteiger partial charge in [0.05, 0.1) is 6.61 Å². The van der Waals surface area contributed by atoms with Crippen molar-refractivity contribution in [1.29, 1.82) is 0 Å². The van der Waals surface area contributed by atoms with Gasteiger partial charge in [-0.25, -0.2) is 0 Å². The van der Waals surface area contributed by atoms with Crippen molar-refractivity contribution >= 4 is 13.3 Å². The normalized spacial score (nSPS) is 19.6. The molecule has 1 unspecified atom stereocenters. The van der Waals surface area contributed by atoms with Gasteiger partial charge in [0.15, 0.2) is 5.56 Å². The van der Waals surface area contributed by atoms with Gasteiger partial charge in [-0.15, -0.1) is 0 Å². The molecule has 0 spiro atoms. The number of ether oxygens (including phenoxy) is 1. The van der Waals surface area contributed by atoms with Crippen molar-refractivity contribution in [3.8, 4) is 5.75 Å². The molecule has 1 aromatic rings. The highest BCUT2D eigenvalue weighted by molar-refractivity contribution is 6.45. The highest BCUT2D eigenvalue weighted by Crippen LogP contribution is 2.27. The Hall–Kier alpha value is -2.05. The van der Waals surface area contributed by atoms with E-state index < -0.39 is 12.7 Å². The Morgan fingerprint density at radius 1 is 1.27 bits per heavy atom. The maximum absolute atomic E-state index is 9.77. The molecule has 0 bridgehead atoms. The van der Waals surface area contributed by atoms with Crippen molar-refractivity contribution in [2.45, 2.75) is 45.6 Å². The molecule has 0 aliphatic carbocycles. The van der Waals surface area contributed by atoms with Gasteiger partial charge in [0, 0.05) is 6.21 Å². The summed E-state index contributed by atoms with van der Waals surface area (Å²) in [4.78, 5) is 4.22. The molecule has 5 nitrogen and oxygen atoms in total. The summed E-state index contributed by atoms with van der Waals surface area (Å²) < 4.78 is 5.83. The number of hydrogen-bond donors (Lipinski definition) is 3. The van der Waals surface area contributed by atoms with E-state index in [-0.39, 0.29) is 0 Å². The summed E-state index contributed by atoms with van der Waals surface area (Å²) >= 11 is 0. The number of benzene rings is 1. The van der Waals surface area contributed by atoms with E-state index in [9.17, 15) is 10.0 Å². The fourth-order valence-electron chi connectivity index (χ4n) is 2.85. The summed E-state index contributed by atoms with van der Waals surface area (Å²) in [7, 11) is -1.66. The van der Waals surface area contributed by atoms with Gasteiger partial charge in [0.2, 0.25) is 0 Å². The van der Waals surface area contributed by atoms with E-state index in [0.717, 1.165) is 18.6 Å². The monoisotopic (exact) mass is 356 g/mol.